The largest absolute Gasteiger partial charge is 0.393 e. The number of aliphatic hydroxyl groups is 1. The van der Waals surface area contributed by atoms with E-state index in [0.717, 1.165) is 10.9 Å². The minimum atomic E-state index is -0.326. The quantitative estimate of drug-likeness (QED) is 0.742. The molecule has 0 aliphatic carbocycles. The van der Waals surface area contributed by atoms with Gasteiger partial charge in [0.25, 0.3) is 0 Å². The lowest BCUT2D eigenvalue weighted by atomic mass is 10.2. The first-order chi connectivity index (χ1) is 8.16. The van der Waals surface area contributed by atoms with Gasteiger partial charge in [0.05, 0.1) is 11.6 Å². The van der Waals surface area contributed by atoms with Crippen molar-refractivity contribution < 1.29 is 5.11 Å². The Balaban J connectivity index is 2.26. The van der Waals surface area contributed by atoms with E-state index >= 15 is 0 Å². The molecule has 90 valence electrons. The molecule has 5 heteroatoms. The van der Waals surface area contributed by atoms with Crippen molar-refractivity contribution in [2.45, 2.75) is 19.4 Å². The number of benzene rings is 1. The maximum atomic E-state index is 9.20. The van der Waals surface area contributed by atoms with Gasteiger partial charge < -0.3 is 16.2 Å². The Kier molecular flexibility index (Phi) is 3.39. The van der Waals surface area contributed by atoms with Gasteiger partial charge in [0.15, 0.2) is 0 Å². The highest BCUT2D eigenvalue weighted by Crippen LogP contribution is 2.20. The lowest BCUT2D eigenvalue weighted by molar-refractivity contribution is 0.188. The molecule has 1 unspecified atom stereocenters. The molecule has 0 radical (unpaired) electrons. The molecule has 1 atom stereocenters. The van der Waals surface area contributed by atoms with Crippen molar-refractivity contribution in [2.24, 2.45) is 0 Å². The number of aliphatic hydroxyl groups excluding tert-OH is 1. The topological polar surface area (TPSA) is 84.1 Å². The molecule has 1 aromatic carbocycles. The second kappa shape index (κ2) is 4.97. The molecule has 5 nitrogen and oxygen atoms in total. The van der Waals surface area contributed by atoms with Gasteiger partial charge in [-0.05, 0) is 25.5 Å². The Bertz CT molecular complexity index is 513. The van der Waals surface area contributed by atoms with Crippen LogP contribution in [-0.2, 0) is 0 Å². The zero-order chi connectivity index (χ0) is 12.3. The van der Waals surface area contributed by atoms with E-state index in [4.69, 9.17) is 5.73 Å². The lowest BCUT2D eigenvalue weighted by Crippen LogP contribution is -2.11. The molecular formula is C12H16N4O. The summed E-state index contributed by atoms with van der Waals surface area (Å²) >= 11 is 0. The van der Waals surface area contributed by atoms with E-state index in [1.807, 2.05) is 24.3 Å². The molecule has 0 saturated carbocycles. The molecule has 0 aliphatic heterocycles. The molecule has 0 fully saturated rings. The van der Waals surface area contributed by atoms with Crippen LogP contribution in [0.3, 0.4) is 0 Å². The lowest BCUT2D eigenvalue weighted by Gasteiger charge is -2.10. The van der Waals surface area contributed by atoms with E-state index in [1.165, 1.54) is 0 Å². The zero-order valence-corrected chi connectivity index (χ0v) is 9.72. The van der Waals surface area contributed by atoms with E-state index in [-0.39, 0.29) is 12.1 Å². The first kappa shape index (κ1) is 11.6. The fraction of sp³-hybridized carbons (Fsp3) is 0.333. The molecule has 0 aliphatic rings. The normalized spacial score (nSPS) is 12.6. The van der Waals surface area contributed by atoms with Crippen LogP contribution in [0.5, 0.6) is 0 Å². The van der Waals surface area contributed by atoms with Crippen LogP contribution in [0.4, 0.5) is 11.8 Å². The van der Waals surface area contributed by atoms with Crippen LogP contribution in [0.1, 0.15) is 13.3 Å². The molecule has 2 aromatic rings. The van der Waals surface area contributed by atoms with E-state index in [1.54, 1.807) is 6.92 Å². The van der Waals surface area contributed by atoms with Crippen molar-refractivity contribution in [3.63, 3.8) is 0 Å². The molecule has 4 N–H and O–H groups in total. The first-order valence-corrected chi connectivity index (χ1v) is 5.61. The summed E-state index contributed by atoms with van der Waals surface area (Å²) in [4.78, 5) is 8.33. The maximum absolute atomic E-state index is 9.20. The summed E-state index contributed by atoms with van der Waals surface area (Å²) in [5, 5.41) is 13.3. The molecule has 1 aromatic heterocycles. The summed E-state index contributed by atoms with van der Waals surface area (Å²) in [7, 11) is 0. The number of nitrogens with two attached hydrogens (primary N) is 1. The van der Waals surface area contributed by atoms with Crippen molar-refractivity contribution in [3.8, 4) is 0 Å². The summed E-state index contributed by atoms with van der Waals surface area (Å²) in [6.07, 6.45) is 0.339. The molecule has 0 saturated heterocycles. The van der Waals surface area contributed by atoms with Crippen LogP contribution < -0.4 is 11.1 Å². The highest BCUT2D eigenvalue weighted by atomic mass is 16.3. The highest BCUT2D eigenvalue weighted by molar-refractivity contribution is 5.89. The van der Waals surface area contributed by atoms with Gasteiger partial charge >= 0.3 is 0 Å². The molecule has 17 heavy (non-hydrogen) atoms. The Hall–Kier alpha value is -1.88. The number of anilines is 2. The standard InChI is InChI=1S/C12H16N4O/c1-8(17)6-7-14-11-9-4-2-3-5-10(9)15-12(13)16-11/h2-5,8,17H,6-7H2,1H3,(H3,13,14,15,16). The molecular weight excluding hydrogens is 216 g/mol. The minimum Gasteiger partial charge on any atom is -0.393 e. The van der Waals surface area contributed by atoms with Crippen LogP contribution >= 0.6 is 0 Å². The second-order valence-corrected chi connectivity index (χ2v) is 4.01. The number of aromatic nitrogens is 2. The van der Waals surface area contributed by atoms with Crippen LogP contribution in [-0.4, -0.2) is 27.7 Å². The zero-order valence-electron chi connectivity index (χ0n) is 9.72. The van der Waals surface area contributed by atoms with Gasteiger partial charge in [-0.2, -0.15) is 4.98 Å². The summed E-state index contributed by atoms with van der Waals surface area (Å²) < 4.78 is 0. The second-order valence-electron chi connectivity index (χ2n) is 4.01. The molecule has 0 bridgehead atoms. The number of fused-ring (bicyclic) bond motifs is 1. The number of hydrogen-bond acceptors (Lipinski definition) is 5. The van der Waals surface area contributed by atoms with Gasteiger partial charge in [-0.25, -0.2) is 4.98 Å². The third-order valence-corrected chi connectivity index (χ3v) is 2.48. The predicted octanol–water partition coefficient (Wildman–Crippen LogP) is 1.39. The van der Waals surface area contributed by atoms with E-state index in [2.05, 4.69) is 15.3 Å². The van der Waals surface area contributed by atoms with Crippen molar-refractivity contribution in [1.29, 1.82) is 0 Å². The predicted molar refractivity (Wildman–Crippen MR) is 68.7 cm³/mol. The van der Waals surface area contributed by atoms with Crippen LogP contribution in [0.15, 0.2) is 24.3 Å². The minimum absolute atomic E-state index is 0.253. The van der Waals surface area contributed by atoms with Gasteiger partial charge in [0.1, 0.15) is 5.82 Å². The summed E-state index contributed by atoms with van der Waals surface area (Å²) in [5.74, 6) is 0.969. The average Bonchev–Trinajstić information content (AvgIpc) is 2.28. The molecule has 1 heterocycles. The Morgan fingerprint density at radius 1 is 1.35 bits per heavy atom. The van der Waals surface area contributed by atoms with Crippen molar-refractivity contribution >= 4 is 22.7 Å². The summed E-state index contributed by atoms with van der Waals surface area (Å²) in [5.41, 5.74) is 6.46. The SMILES string of the molecule is CC(O)CCNc1nc(N)nc2ccccc12. The summed E-state index contributed by atoms with van der Waals surface area (Å²) in [6.45, 7) is 2.41. The van der Waals surface area contributed by atoms with Crippen LogP contribution in [0.25, 0.3) is 10.9 Å². The summed E-state index contributed by atoms with van der Waals surface area (Å²) in [6, 6.07) is 7.68. The number of nitrogen functional groups attached to an aromatic ring is 1. The van der Waals surface area contributed by atoms with Gasteiger partial charge in [-0.1, -0.05) is 12.1 Å². The van der Waals surface area contributed by atoms with Crippen molar-refractivity contribution in [1.82, 2.24) is 9.97 Å². The fourth-order valence-corrected chi connectivity index (χ4v) is 1.63. The number of para-hydroxylation sites is 1. The van der Waals surface area contributed by atoms with Gasteiger partial charge in [-0.15, -0.1) is 0 Å². The van der Waals surface area contributed by atoms with Crippen LogP contribution in [0, 0.1) is 0 Å². The number of nitrogens with one attached hydrogen (secondary N) is 1. The first-order valence-electron chi connectivity index (χ1n) is 5.61. The van der Waals surface area contributed by atoms with Crippen molar-refractivity contribution in [3.05, 3.63) is 24.3 Å². The fourth-order valence-electron chi connectivity index (χ4n) is 1.63. The van der Waals surface area contributed by atoms with Crippen LogP contribution in [0.2, 0.25) is 0 Å². The van der Waals surface area contributed by atoms with Gasteiger partial charge in [0.2, 0.25) is 5.95 Å². The molecule has 0 amide bonds. The van der Waals surface area contributed by atoms with Crippen molar-refractivity contribution in [2.75, 3.05) is 17.6 Å². The molecule has 0 spiro atoms. The number of hydrogen-bond donors (Lipinski definition) is 3. The van der Waals surface area contributed by atoms with E-state index in [0.29, 0.717) is 18.8 Å². The van der Waals surface area contributed by atoms with Gasteiger partial charge in [-0.3, -0.25) is 0 Å². The average molecular weight is 232 g/mol. The Morgan fingerprint density at radius 2 is 2.12 bits per heavy atom. The number of nitrogens with zero attached hydrogens (tertiary/aromatic N) is 2. The smallest absolute Gasteiger partial charge is 0.222 e. The van der Waals surface area contributed by atoms with E-state index in [9.17, 15) is 5.11 Å². The Morgan fingerprint density at radius 3 is 2.88 bits per heavy atom. The molecule has 2 rings (SSSR count). The monoisotopic (exact) mass is 232 g/mol. The third kappa shape index (κ3) is 2.82. The number of rotatable bonds is 4. The third-order valence-electron chi connectivity index (χ3n) is 2.48. The van der Waals surface area contributed by atoms with E-state index < -0.39 is 0 Å². The Labute approximate surface area is 99.7 Å². The van der Waals surface area contributed by atoms with Gasteiger partial charge in [0, 0.05) is 11.9 Å². The highest BCUT2D eigenvalue weighted by Gasteiger charge is 2.05. The maximum Gasteiger partial charge on any atom is 0.222 e.